The Kier molecular flexibility index (Phi) is 5.11. The number of aryl methyl sites for hydroxylation is 2. The Labute approximate surface area is 126 Å². The minimum Gasteiger partial charge on any atom is -0.389 e. The molecule has 1 aromatic carbocycles. The highest BCUT2D eigenvalue weighted by Gasteiger charge is 2.21. The molecule has 0 saturated carbocycles. The fourth-order valence-electron chi connectivity index (χ4n) is 2.83. The van der Waals surface area contributed by atoms with Crippen molar-refractivity contribution in [3.8, 4) is 12.1 Å². The normalized spacial score (nSPS) is 10.5. The third kappa shape index (κ3) is 3.83. The van der Waals surface area contributed by atoms with Crippen molar-refractivity contribution in [2.24, 2.45) is 5.16 Å². The maximum absolute atomic E-state index is 8.64. The van der Waals surface area contributed by atoms with Crippen molar-refractivity contribution in [2.75, 3.05) is 0 Å². The molecule has 0 fully saturated rings. The fraction of sp³-hybridized carbons (Fsp3) is 0.471. The zero-order chi connectivity index (χ0) is 16.2. The van der Waals surface area contributed by atoms with Gasteiger partial charge in [-0.3, -0.25) is 0 Å². The van der Waals surface area contributed by atoms with Crippen LogP contribution >= 0.6 is 0 Å². The Morgan fingerprint density at radius 2 is 1.71 bits per heavy atom. The van der Waals surface area contributed by atoms with Gasteiger partial charge in [-0.05, 0) is 54.0 Å². The van der Waals surface area contributed by atoms with Crippen molar-refractivity contribution in [2.45, 2.75) is 53.6 Å². The third-order valence-electron chi connectivity index (χ3n) is 3.46. The molecule has 0 saturated heterocycles. The standard InChI is InChI=1S/C17H21N3O/c1-11-7-12(2)16(17(4,5)6)13(3)15(11)10-21-20-14(8-18)9-19/h7H,10H2,1-6H3. The Hall–Kier alpha value is -2.33. The maximum atomic E-state index is 8.64. The second kappa shape index (κ2) is 6.41. The second-order valence-electron chi connectivity index (χ2n) is 6.18. The summed E-state index contributed by atoms with van der Waals surface area (Å²) in [5.41, 5.74) is 5.72. The average molecular weight is 283 g/mol. The van der Waals surface area contributed by atoms with E-state index in [1.807, 2.05) is 6.92 Å². The van der Waals surface area contributed by atoms with Crippen LogP contribution in [-0.4, -0.2) is 5.71 Å². The van der Waals surface area contributed by atoms with E-state index in [0.717, 1.165) is 11.1 Å². The molecular weight excluding hydrogens is 262 g/mol. The third-order valence-corrected chi connectivity index (χ3v) is 3.46. The van der Waals surface area contributed by atoms with Crippen LogP contribution in [-0.2, 0) is 16.9 Å². The van der Waals surface area contributed by atoms with E-state index in [-0.39, 0.29) is 17.7 Å². The number of hydrogen-bond acceptors (Lipinski definition) is 4. The number of hydrogen-bond donors (Lipinski definition) is 0. The maximum Gasteiger partial charge on any atom is 0.256 e. The molecule has 1 rings (SSSR count). The number of rotatable bonds is 3. The Balaban J connectivity index is 3.19. The topological polar surface area (TPSA) is 69.2 Å². The van der Waals surface area contributed by atoms with Crippen LogP contribution in [0.5, 0.6) is 0 Å². The van der Waals surface area contributed by atoms with E-state index in [2.05, 4.69) is 45.8 Å². The minimum absolute atomic E-state index is 0.0460. The summed E-state index contributed by atoms with van der Waals surface area (Å²) in [5, 5.41) is 20.8. The van der Waals surface area contributed by atoms with E-state index >= 15 is 0 Å². The summed E-state index contributed by atoms with van der Waals surface area (Å²) < 4.78 is 0. The van der Waals surface area contributed by atoms with Gasteiger partial charge in [0, 0.05) is 0 Å². The Morgan fingerprint density at radius 3 is 2.19 bits per heavy atom. The zero-order valence-corrected chi connectivity index (χ0v) is 13.5. The molecule has 21 heavy (non-hydrogen) atoms. The van der Waals surface area contributed by atoms with Crippen molar-refractivity contribution in [3.63, 3.8) is 0 Å². The summed E-state index contributed by atoms with van der Waals surface area (Å²) in [6, 6.07) is 5.50. The number of benzene rings is 1. The van der Waals surface area contributed by atoms with E-state index in [1.54, 1.807) is 12.1 Å². The molecule has 0 heterocycles. The van der Waals surface area contributed by atoms with E-state index in [4.69, 9.17) is 15.4 Å². The molecule has 0 aromatic heterocycles. The van der Waals surface area contributed by atoms with Crippen LogP contribution < -0.4 is 0 Å². The van der Waals surface area contributed by atoms with Crippen molar-refractivity contribution in [3.05, 3.63) is 33.9 Å². The summed E-state index contributed by atoms with van der Waals surface area (Å²) in [4.78, 5) is 5.18. The summed E-state index contributed by atoms with van der Waals surface area (Å²) in [7, 11) is 0. The van der Waals surface area contributed by atoms with Gasteiger partial charge in [0.25, 0.3) is 5.71 Å². The molecular formula is C17H21N3O. The Bertz CT molecular complexity index is 637. The monoisotopic (exact) mass is 283 g/mol. The molecule has 0 spiro atoms. The second-order valence-corrected chi connectivity index (χ2v) is 6.18. The average Bonchev–Trinajstić information content (AvgIpc) is 2.35. The molecule has 0 aliphatic heterocycles. The highest BCUT2D eigenvalue weighted by molar-refractivity contribution is 6.09. The first kappa shape index (κ1) is 16.7. The molecule has 4 nitrogen and oxygen atoms in total. The van der Waals surface area contributed by atoms with Gasteiger partial charge in [-0.1, -0.05) is 32.0 Å². The largest absolute Gasteiger partial charge is 0.389 e. The van der Waals surface area contributed by atoms with Crippen LogP contribution in [0.1, 0.15) is 48.6 Å². The van der Waals surface area contributed by atoms with E-state index in [9.17, 15) is 0 Å². The summed E-state index contributed by atoms with van der Waals surface area (Å²) in [5.74, 6) is 0. The molecule has 0 aliphatic rings. The summed E-state index contributed by atoms with van der Waals surface area (Å²) in [6.07, 6.45) is 0. The Morgan fingerprint density at radius 1 is 1.14 bits per heavy atom. The van der Waals surface area contributed by atoms with E-state index in [0.29, 0.717) is 0 Å². The van der Waals surface area contributed by atoms with Crippen LogP contribution in [0.2, 0.25) is 0 Å². The highest BCUT2D eigenvalue weighted by atomic mass is 16.6. The molecule has 0 N–H and O–H groups in total. The molecule has 0 atom stereocenters. The highest BCUT2D eigenvalue weighted by Crippen LogP contribution is 2.32. The van der Waals surface area contributed by atoms with Gasteiger partial charge in [-0.15, -0.1) is 0 Å². The first-order valence-corrected chi connectivity index (χ1v) is 6.82. The molecule has 1 aromatic rings. The molecule has 0 radical (unpaired) electrons. The molecule has 0 amide bonds. The van der Waals surface area contributed by atoms with Gasteiger partial charge in [0.2, 0.25) is 0 Å². The van der Waals surface area contributed by atoms with Gasteiger partial charge in [-0.25, -0.2) is 0 Å². The molecule has 0 aliphatic carbocycles. The van der Waals surface area contributed by atoms with E-state index < -0.39 is 0 Å². The van der Waals surface area contributed by atoms with Crippen LogP contribution in [0.3, 0.4) is 0 Å². The van der Waals surface area contributed by atoms with Crippen LogP contribution in [0.15, 0.2) is 11.2 Å². The van der Waals surface area contributed by atoms with Gasteiger partial charge in [0.1, 0.15) is 18.7 Å². The van der Waals surface area contributed by atoms with Gasteiger partial charge in [0.05, 0.1) is 0 Å². The summed E-state index contributed by atoms with van der Waals surface area (Å²) in [6.45, 7) is 13.0. The lowest BCUT2D eigenvalue weighted by Crippen LogP contribution is -2.17. The van der Waals surface area contributed by atoms with Gasteiger partial charge < -0.3 is 4.84 Å². The predicted octanol–water partition coefficient (Wildman–Crippen LogP) is 3.83. The SMILES string of the molecule is Cc1cc(C)c(C(C)(C)C)c(C)c1CON=C(C#N)C#N. The quantitative estimate of drug-likeness (QED) is 0.625. The predicted molar refractivity (Wildman–Crippen MR) is 82.8 cm³/mol. The lowest BCUT2D eigenvalue weighted by molar-refractivity contribution is 0.130. The first-order valence-electron chi connectivity index (χ1n) is 6.82. The van der Waals surface area contributed by atoms with Gasteiger partial charge in [0.15, 0.2) is 0 Å². The lowest BCUT2D eigenvalue weighted by atomic mass is 9.79. The van der Waals surface area contributed by atoms with Crippen molar-refractivity contribution in [1.29, 1.82) is 10.5 Å². The fourth-order valence-corrected chi connectivity index (χ4v) is 2.83. The summed E-state index contributed by atoms with van der Waals surface area (Å²) >= 11 is 0. The van der Waals surface area contributed by atoms with Crippen molar-refractivity contribution >= 4 is 5.71 Å². The number of nitriles is 2. The molecule has 0 bridgehead atoms. The van der Waals surface area contributed by atoms with Crippen LogP contribution in [0.4, 0.5) is 0 Å². The smallest absolute Gasteiger partial charge is 0.256 e. The molecule has 110 valence electrons. The number of nitrogens with zero attached hydrogens (tertiary/aromatic N) is 3. The van der Waals surface area contributed by atoms with E-state index in [1.165, 1.54) is 16.7 Å². The van der Waals surface area contributed by atoms with Crippen molar-refractivity contribution in [1.82, 2.24) is 0 Å². The van der Waals surface area contributed by atoms with Crippen LogP contribution in [0.25, 0.3) is 0 Å². The van der Waals surface area contributed by atoms with Crippen molar-refractivity contribution < 1.29 is 4.84 Å². The molecule has 4 heteroatoms. The lowest BCUT2D eigenvalue weighted by Gasteiger charge is -2.27. The van der Waals surface area contributed by atoms with Crippen LogP contribution in [0, 0.1) is 43.4 Å². The number of oxime groups is 1. The minimum atomic E-state index is -0.270. The molecule has 0 unspecified atom stereocenters. The van der Waals surface area contributed by atoms with Gasteiger partial charge in [-0.2, -0.15) is 10.5 Å². The van der Waals surface area contributed by atoms with Gasteiger partial charge >= 0.3 is 0 Å². The zero-order valence-electron chi connectivity index (χ0n) is 13.5. The first-order chi connectivity index (χ1) is 9.72.